The maximum atomic E-state index is 12.5. The standard InChI is InChI=1S/C22H26N4O5S/c1-14(15-5-8-19-20(11-15)31-13-30-19)23-22(27)10-9-21-24-17-12-16(32(28,29)25(2)3)6-7-18(17)26(21)4/h5-8,11-12,14H,9-10,13H2,1-4H3,(H,23,27)/t14-/m1/s1. The van der Waals surface area contributed by atoms with Crippen molar-refractivity contribution in [3.8, 4) is 11.5 Å². The topological polar surface area (TPSA) is 103 Å². The van der Waals surface area contributed by atoms with Crippen LogP contribution in [-0.2, 0) is 28.3 Å². The van der Waals surface area contributed by atoms with Gasteiger partial charge in [-0.1, -0.05) is 6.07 Å². The number of hydrogen-bond acceptors (Lipinski definition) is 6. The first-order valence-corrected chi connectivity index (χ1v) is 11.7. The molecular weight excluding hydrogens is 432 g/mol. The molecule has 0 unspecified atom stereocenters. The number of benzene rings is 2. The number of fused-ring (bicyclic) bond motifs is 2. The Kier molecular flexibility index (Phi) is 5.83. The van der Waals surface area contributed by atoms with Crippen molar-refractivity contribution in [2.75, 3.05) is 20.9 Å². The molecule has 2 aromatic carbocycles. The zero-order valence-corrected chi connectivity index (χ0v) is 19.3. The summed E-state index contributed by atoms with van der Waals surface area (Å²) in [6.45, 7) is 2.12. The van der Waals surface area contributed by atoms with Gasteiger partial charge in [0.15, 0.2) is 11.5 Å². The van der Waals surface area contributed by atoms with Gasteiger partial charge in [0, 0.05) is 34.0 Å². The Morgan fingerprint density at radius 3 is 2.69 bits per heavy atom. The Bertz CT molecular complexity index is 1280. The fraction of sp³-hybridized carbons (Fsp3) is 0.364. The van der Waals surface area contributed by atoms with Crippen LogP contribution < -0.4 is 14.8 Å². The first-order valence-electron chi connectivity index (χ1n) is 10.2. The zero-order chi connectivity index (χ0) is 23.0. The van der Waals surface area contributed by atoms with Crippen molar-refractivity contribution in [1.82, 2.24) is 19.2 Å². The van der Waals surface area contributed by atoms with Gasteiger partial charge in [0.2, 0.25) is 22.7 Å². The van der Waals surface area contributed by atoms with E-state index in [0.717, 1.165) is 11.1 Å². The predicted octanol–water partition coefficient (Wildman–Crippen LogP) is 2.36. The number of aromatic nitrogens is 2. The van der Waals surface area contributed by atoms with E-state index >= 15 is 0 Å². The lowest BCUT2D eigenvalue weighted by Crippen LogP contribution is -2.27. The first-order chi connectivity index (χ1) is 15.2. The summed E-state index contributed by atoms with van der Waals surface area (Å²) in [7, 11) is 1.31. The molecule has 10 heteroatoms. The number of amides is 1. The Balaban J connectivity index is 1.43. The summed E-state index contributed by atoms with van der Waals surface area (Å²) < 4.78 is 38.5. The third kappa shape index (κ3) is 4.15. The lowest BCUT2D eigenvalue weighted by Gasteiger charge is -2.15. The zero-order valence-electron chi connectivity index (χ0n) is 18.5. The minimum absolute atomic E-state index is 0.0990. The molecule has 32 heavy (non-hydrogen) atoms. The van der Waals surface area contributed by atoms with Crippen LogP contribution in [-0.4, -0.2) is 49.1 Å². The number of rotatable bonds is 7. The van der Waals surface area contributed by atoms with Gasteiger partial charge in [0.25, 0.3) is 0 Å². The number of nitrogens with zero attached hydrogens (tertiary/aromatic N) is 3. The first kappa shape index (κ1) is 22.1. The van der Waals surface area contributed by atoms with Crippen LogP contribution in [0.4, 0.5) is 0 Å². The lowest BCUT2D eigenvalue weighted by atomic mass is 10.1. The highest BCUT2D eigenvalue weighted by molar-refractivity contribution is 7.89. The molecule has 1 amide bonds. The van der Waals surface area contributed by atoms with Crippen molar-refractivity contribution >= 4 is 27.0 Å². The molecule has 1 aliphatic rings. The highest BCUT2D eigenvalue weighted by Crippen LogP contribution is 2.34. The molecule has 0 saturated heterocycles. The van der Waals surface area contributed by atoms with E-state index < -0.39 is 10.0 Å². The Morgan fingerprint density at radius 1 is 1.19 bits per heavy atom. The molecule has 9 nitrogen and oxygen atoms in total. The third-order valence-electron chi connectivity index (χ3n) is 5.57. The number of hydrogen-bond donors (Lipinski definition) is 1. The smallest absolute Gasteiger partial charge is 0.242 e. The Labute approximate surface area is 187 Å². The molecule has 1 N–H and O–H groups in total. The third-order valence-corrected chi connectivity index (χ3v) is 7.38. The average Bonchev–Trinajstić information content (AvgIpc) is 3.35. The highest BCUT2D eigenvalue weighted by atomic mass is 32.2. The second-order valence-corrected chi connectivity index (χ2v) is 10.1. The molecule has 0 aliphatic carbocycles. The molecule has 3 aromatic rings. The molecule has 4 rings (SSSR count). The largest absolute Gasteiger partial charge is 0.454 e. The monoisotopic (exact) mass is 458 g/mol. The Hall–Kier alpha value is -3.11. The van der Waals surface area contributed by atoms with E-state index in [1.54, 1.807) is 18.2 Å². The Morgan fingerprint density at radius 2 is 1.94 bits per heavy atom. The van der Waals surface area contributed by atoms with Crippen LogP contribution in [0.1, 0.15) is 30.8 Å². The molecule has 0 spiro atoms. The molecular formula is C22H26N4O5S. The molecule has 0 radical (unpaired) electrons. The summed E-state index contributed by atoms with van der Waals surface area (Å²) in [6, 6.07) is 10.3. The minimum Gasteiger partial charge on any atom is -0.454 e. The molecule has 1 aromatic heterocycles. The van der Waals surface area contributed by atoms with E-state index in [1.165, 1.54) is 18.4 Å². The second-order valence-electron chi connectivity index (χ2n) is 7.93. The van der Waals surface area contributed by atoms with Crippen LogP contribution in [0.25, 0.3) is 11.0 Å². The number of aryl methyl sites for hydroxylation is 2. The minimum atomic E-state index is -3.54. The number of carbonyl (C=O) groups is 1. The summed E-state index contributed by atoms with van der Waals surface area (Å²) >= 11 is 0. The number of carbonyl (C=O) groups excluding carboxylic acids is 1. The fourth-order valence-electron chi connectivity index (χ4n) is 3.63. The van der Waals surface area contributed by atoms with Gasteiger partial charge in [-0.05, 0) is 42.8 Å². The summed E-state index contributed by atoms with van der Waals surface area (Å²) in [5.74, 6) is 2.00. The second kappa shape index (κ2) is 8.44. The average molecular weight is 459 g/mol. The summed E-state index contributed by atoms with van der Waals surface area (Å²) in [5.41, 5.74) is 2.33. The van der Waals surface area contributed by atoms with E-state index in [9.17, 15) is 13.2 Å². The van der Waals surface area contributed by atoms with Gasteiger partial charge in [-0.3, -0.25) is 4.79 Å². The molecule has 0 saturated carbocycles. The highest BCUT2D eigenvalue weighted by Gasteiger charge is 2.20. The van der Waals surface area contributed by atoms with Crippen LogP contribution >= 0.6 is 0 Å². The quantitative estimate of drug-likeness (QED) is 0.583. The van der Waals surface area contributed by atoms with E-state index in [0.29, 0.717) is 29.3 Å². The number of ether oxygens (including phenoxy) is 2. The number of imidazole rings is 1. The van der Waals surface area contributed by atoms with Crippen LogP contribution in [0.5, 0.6) is 11.5 Å². The predicted molar refractivity (Wildman–Crippen MR) is 119 cm³/mol. The lowest BCUT2D eigenvalue weighted by molar-refractivity contribution is -0.121. The molecule has 170 valence electrons. The van der Waals surface area contributed by atoms with Gasteiger partial charge >= 0.3 is 0 Å². The van der Waals surface area contributed by atoms with Crippen molar-refractivity contribution in [3.05, 3.63) is 47.8 Å². The van der Waals surface area contributed by atoms with E-state index in [4.69, 9.17) is 9.47 Å². The van der Waals surface area contributed by atoms with Crippen molar-refractivity contribution in [2.45, 2.75) is 30.7 Å². The van der Waals surface area contributed by atoms with Gasteiger partial charge in [-0.25, -0.2) is 17.7 Å². The summed E-state index contributed by atoms with van der Waals surface area (Å²) in [6.07, 6.45) is 0.690. The maximum absolute atomic E-state index is 12.5. The van der Waals surface area contributed by atoms with Crippen LogP contribution in [0.3, 0.4) is 0 Å². The number of sulfonamides is 1. The van der Waals surface area contributed by atoms with Gasteiger partial charge in [-0.15, -0.1) is 0 Å². The van der Waals surface area contributed by atoms with Crippen molar-refractivity contribution in [2.24, 2.45) is 7.05 Å². The van der Waals surface area contributed by atoms with Crippen LogP contribution in [0.15, 0.2) is 41.3 Å². The van der Waals surface area contributed by atoms with E-state index in [2.05, 4.69) is 10.3 Å². The molecule has 0 bridgehead atoms. The molecule has 0 fully saturated rings. The maximum Gasteiger partial charge on any atom is 0.242 e. The van der Waals surface area contributed by atoms with Crippen LogP contribution in [0.2, 0.25) is 0 Å². The van der Waals surface area contributed by atoms with Gasteiger partial charge in [0.1, 0.15) is 5.82 Å². The number of nitrogens with one attached hydrogen (secondary N) is 1. The summed E-state index contributed by atoms with van der Waals surface area (Å²) in [5, 5.41) is 3.00. The normalized spacial score (nSPS) is 14.2. The SMILES string of the molecule is C[C@@H](NC(=O)CCc1nc2cc(S(=O)(=O)N(C)C)ccc2n1C)c1ccc2c(c1)OCO2. The van der Waals surface area contributed by atoms with E-state index in [1.807, 2.05) is 36.7 Å². The van der Waals surface area contributed by atoms with Crippen LogP contribution in [0, 0.1) is 0 Å². The van der Waals surface area contributed by atoms with Crippen molar-refractivity contribution < 1.29 is 22.7 Å². The van der Waals surface area contributed by atoms with E-state index in [-0.39, 0.29) is 30.1 Å². The molecule has 1 aliphatic heterocycles. The molecule has 1 atom stereocenters. The van der Waals surface area contributed by atoms with Gasteiger partial charge in [-0.2, -0.15) is 0 Å². The summed E-state index contributed by atoms with van der Waals surface area (Å²) in [4.78, 5) is 17.3. The molecule has 2 heterocycles. The van der Waals surface area contributed by atoms with Crippen molar-refractivity contribution in [1.29, 1.82) is 0 Å². The van der Waals surface area contributed by atoms with Gasteiger partial charge in [0.05, 0.1) is 22.0 Å². The van der Waals surface area contributed by atoms with Gasteiger partial charge < -0.3 is 19.4 Å². The van der Waals surface area contributed by atoms with Crippen molar-refractivity contribution in [3.63, 3.8) is 0 Å². The fourth-order valence-corrected chi connectivity index (χ4v) is 4.55.